The zero-order valence-corrected chi connectivity index (χ0v) is 18.3. The molecule has 1 unspecified atom stereocenters. The molecule has 30 heavy (non-hydrogen) atoms. The summed E-state index contributed by atoms with van der Waals surface area (Å²) < 4.78 is 6.28. The first-order valence-corrected chi connectivity index (χ1v) is 12.1. The molecule has 9 fully saturated rings. The quantitative estimate of drug-likeness (QED) is 0.571. The van der Waals surface area contributed by atoms with Crippen molar-refractivity contribution in [3.8, 4) is 0 Å². The lowest BCUT2D eigenvalue weighted by Crippen LogP contribution is -2.68. The molecule has 5 nitrogen and oxygen atoms in total. The summed E-state index contributed by atoms with van der Waals surface area (Å²) in [6, 6.07) is 0.812. The third kappa shape index (κ3) is 1.54. The molecule has 0 amide bonds. The van der Waals surface area contributed by atoms with Gasteiger partial charge in [0.25, 0.3) is 0 Å². The molecule has 162 valence electrons. The van der Waals surface area contributed by atoms with Gasteiger partial charge in [0.15, 0.2) is 0 Å². The normalized spacial score (nSPS) is 61.7. The van der Waals surface area contributed by atoms with Crippen LogP contribution in [0, 0.1) is 45.8 Å². The number of carbonyl (C=O) groups excluding carboxylic acids is 2. The molecule has 2 spiro atoms. The van der Waals surface area contributed by atoms with Crippen LogP contribution in [0.3, 0.4) is 0 Å². The summed E-state index contributed by atoms with van der Waals surface area (Å²) in [6.07, 6.45) is 3.58. The average molecular weight is 412 g/mol. The molecular formula is C25H33NO4. The van der Waals surface area contributed by atoms with E-state index < -0.39 is 6.10 Å². The average Bonchev–Trinajstić information content (AvgIpc) is 3.15. The van der Waals surface area contributed by atoms with Crippen molar-refractivity contribution in [1.29, 1.82) is 0 Å². The van der Waals surface area contributed by atoms with Crippen LogP contribution in [0.5, 0.6) is 0 Å². The number of fused-ring (bicyclic) bond motifs is 1. The van der Waals surface area contributed by atoms with Crippen molar-refractivity contribution in [1.82, 2.24) is 4.90 Å². The SMILES string of the molecule is C=C1C[C@]23C[C@H]4[C@H]5[C@]67CCC(=O)[C@@]5(C)CN4[C@@H]6[C@H]2[C@H](OC(=O)[C@@H](C)CC)[C@H]1[C@H](O)[C@H]37. The van der Waals surface area contributed by atoms with Gasteiger partial charge < -0.3 is 9.84 Å². The Morgan fingerprint density at radius 2 is 2.17 bits per heavy atom. The molecule has 3 aliphatic heterocycles. The zero-order valence-electron chi connectivity index (χ0n) is 18.3. The summed E-state index contributed by atoms with van der Waals surface area (Å²) in [4.78, 5) is 28.6. The first kappa shape index (κ1) is 18.4. The minimum absolute atomic E-state index is 0.000377. The number of nitrogens with zero attached hydrogens (tertiary/aromatic N) is 1. The fourth-order valence-electron chi connectivity index (χ4n) is 10.8. The predicted octanol–water partition coefficient (Wildman–Crippen LogP) is 2.57. The summed E-state index contributed by atoms with van der Waals surface area (Å²) in [5.74, 6) is 0.930. The van der Waals surface area contributed by atoms with Crippen LogP contribution in [0.2, 0.25) is 0 Å². The summed E-state index contributed by atoms with van der Waals surface area (Å²) >= 11 is 0. The fourth-order valence-corrected chi connectivity index (χ4v) is 10.8. The van der Waals surface area contributed by atoms with E-state index in [1.165, 1.54) is 0 Å². The number of rotatable bonds is 3. The number of ether oxygens (including phenoxy) is 1. The molecule has 5 heteroatoms. The third-order valence-corrected chi connectivity index (χ3v) is 11.4. The molecule has 0 radical (unpaired) electrons. The maximum Gasteiger partial charge on any atom is 0.308 e. The number of ketones is 1. The van der Waals surface area contributed by atoms with Crippen LogP contribution in [-0.4, -0.2) is 52.6 Å². The summed E-state index contributed by atoms with van der Waals surface area (Å²) in [5.41, 5.74) is 0.855. The zero-order chi connectivity index (χ0) is 21.0. The second kappa shape index (κ2) is 5.06. The minimum atomic E-state index is -0.499. The van der Waals surface area contributed by atoms with Gasteiger partial charge in [-0.25, -0.2) is 0 Å². The summed E-state index contributed by atoms with van der Waals surface area (Å²) in [7, 11) is 0. The van der Waals surface area contributed by atoms with Gasteiger partial charge in [-0.1, -0.05) is 32.9 Å². The van der Waals surface area contributed by atoms with Crippen LogP contribution in [-0.2, 0) is 14.3 Å². The summed E-state index contributed by atoms with van der Waals surface area (Å²) in [5, 5.41) is 11.8. The maximum atomic E-state index is 13.0. The largest absolute Gasteiger partial charge is 0.461 e. The Bertz CT molecular complexity index is 915. The third-order valence-electron chi connectivity index (χ3n) is 11.4. The topological polar surface area (TPSA) is 66.8 Å². The van der Waals surface area contributed by atoms with Gasteiger partial charge in [-0.2, -0.15) is 0 Å². The first-order chi connectivity index (χ1) is 14.2. The highest BCUT2D eigenvalue weighted by atomic mass is 16.5. The van der Waals surface area contributed by atoms with Gasteiger partial charge in [-0.05, 0) is 48.3 Å². The number of carbonyl (C=O) groups is 2. The van der Waals surface area contributed by atoms with E-state index in [9.17, 15) is 14.7 Å². The summed E-state index contributed by atoms with van der Waals surface area (Å²) in [6.45, 7) is 11.4. The van der Waals surface area contributed by atoms with Gasteiger partial charge in [0, 0.05) is 42.3 Å². The molecule has 0 aromatic carbocycles. The van der Waals surface area contributed by atoms with E-state index in [0.717, 1.165) is 37.8 Å². The highest BCUT2D eigenvalue weighted by Gasteiger charge is 2.90. The second-order valence-electron chi connectivity index (χ2n) is 12.1. The van der Waals surface area contributed by atoms with Gasteiger partial charge >= 0.3 is 5.97 Å². The van der Waals surface area contributed by atoms with Crippen LogP contribution in [0.25, 0.3) is 0 Å². The number of aliphatic hydroxyl groups is 1. The Morgan fingerprint density at radius 1 is 1.40 bits per heavy atom. The second-order valence-corrected chi connectivity index (χ2v) is 12.1. The number of Topliss-reactive ketones (excluding diaryl/α,β-unsaturated/α-hetero) is 1. The van der Waals surface area contributed by atoms with Gasteiger partial charge in [-0.15, -0.1) is 0 Å². The Kier molecular flexibility index (Phi) is 3.10. The number of esters is 1. The first-order valence-electron chi connectivity index (χ1n) is 12.1. The molecule has 0 aromatic rings. The molecule has 13 atom stereocenters. The minimum Gasteiger partial charge on any atom is -0.461 e. The smallest absolute Gasteiger partial charge is 0.308 e. The molecule has 6 saturated carbocycles. The van der Waals surface area contributed by atoms with Gasteiger partial charge in [0.1, 0.15) is 11.9 Å². The standard InChI is InChI=1S/C25H33NO4/c1-5-11(2)22(29)30-18-15-12(3)8-24-9-13-19-23(4)10-26(13)21(16(18)24)25(19,7-6-14(23)27)20(24)17(15)28/h11,13,15-21,28H,3,5-10H2,1-2,4H3/t11-,13-,15+,16+,17-,18+,19+,20+,21+,23+,24-,25-/m0/s1. The van der Waals surface area contributed by atoms with Gasteiger partial charge in [0.2, 0.25) is 0 Å². The number of hydrogen-bond acceptors (Lipinski definition) is 5. The van der Waals surface area contributed by atoms with E-state index in [4.69, 9.17) is 4.74 Å². The van der Waals surface area contributed by atoms with Crippen molar-refractivity contribution < 1.29 is 19.4 Å². The lowest BCUT2D eigenvalue weighted by Gasteiger charge is -2.65. The molecule has 0 aromatic heterocycles. The Hall–Kier alpha value is -1.20. The highest BCUT2D eigenvalue weighted by Crippen LogP contribution is 2.86. The maximum absolute atomic E-state index is 13.0. The molecule has 9 bridgehead atoms. The van der Waals surface area contributed by atoms with E-state index >= 15 is 0 Å². The van der Waals surface area contributed by atoms with Crippen molar-refractivity contribution in [3.63, 3.8) is 0 Å². The number of piperidine rings is 2. The fraction of sp³-hybridized carbons (Fsp3) is 0.840. The monoisotopic (exact) mass is 411 g/mol. The van der Waals surface area contributed by atoms with E-state index in [-0.39, 0.29) is 52.0 Å². The number of hydrogen-bond donors (Lipinski definition) is 1. The van der Waals surface area contributed by atoms with Crippen LogP contribution >= 0.6 is 0 Å². The lowest BCUT2D eigenvalue weighted by molar-refractivity contribution is -0.220. The van der Waals surface area contributed by atoms with Crippen molar-refractivity contribution in [3.05, 3.63) is 12.2 Å². The molecule has 9 rings (SSSR count). The van der Waals surface area contributed by atoms with Gasteiger partial charge in [0.05, 0.1) is 12.0 Å². The predicted molar refractivity (Wildman–Crippen MR) is 109 cm³/mol. The van der Waals surface area contributed by atoms with Crippen LogP contribution < -0.4 is 0 Å². The van der Waals surface area contributed by atoms with Crippen molar-refractivity contribution in [2.24, 2.45) is 45.8 Å². The molecular weight excluding hydrogens is 378 g/mol. The van der Waals surface area contributed by atoms with E-state index in [1.54, 1.807) is 0 Å². The van der Waals surface area contributed by atoms with Gasteiger partial charge in [-0.3, -0.25) is 14.5 Å². The number of aliphatic hydroxyl groups excluding tert-OH is 1. The Balaban J connectivity index is 1.40. The van der Waals surface area contributed by atoms with Crippen molar-refractivity contribution in [2.75, 3.05) is 6.54 Å². The molecule has 6 aliphatic carbocycles. The highest BCUT2D eigenvalue weighted by molar-refractivity contribution is 5.87. The lowest BCUT2D eigenvalue weighted by atomic mass is 9.39. The van der Waals surface area contributed by atoms with Crippen LogP contribution in [0.15, 0.2) is 12.2 Å². The molecule has 3 saturated heterocycles. The van der Waals surface area contributed by atoms with E-state index in [1.807, 2.05) is 13.8 Å². The molecule has 3 heterocycles. The Morgan fingerprint density at radius 3 is 2.90 bits per heavy atom. The van der Waals surface area contributed by atoms with Crippen LogP contribution in [0.4, 0.5) is 0 Å². The van der Waals surface area contributed by atoms with Crippen molar-refractivity contribution in [2.45, 2.75) is 77.2 Å². The van der Waals surface area contributed by atoms with Crippen molar-refractivity contribution >= 4 is 11.8 Å². The molecule has 1 N–H and O–H groups in total. The van der Waals surface area contributed by atoms with Crippen LogP contribution in [0.1, 0.15) is 52.9 Å². The Labute approximate surface area is 178 Å². The van der Waals surface area contributed by atoms with E-state index in [2.05, 4.69) is 18.4 Å². The van der Waals surface area contributed by atoms with E-state index in [0.29, 0.717) is 30.2 Å². The molecule has 9 aliphatic rings.